The maximum Gasteiger partial charge on any atom is 0.284 e. The standard InChI is InChI=1S/C17H15N5O3S/c1-3-21-16(12-6-8-18-9-7-12)19-20-17(21)26-15-5-4-13(11(2)23)10-14(15)22(24)25/h4-10H,3H2,1-2H3. The first kappa shape index (κ1) is 17.7. The number of nitrogens with zero attached hydrogens (tertiary/aromatic N) is 5. The smallest absolute Gasteiger partial charge is 0.284 e. The van der Waals surface area contributed by atoms with Crippen LogP contribution in [0, 0.1) is 10.1 Å². The lowest BCUT2D eigenvalue weighted by molar-refractivity contribution is -0.387. The van der Waals surface area contributed by atoms with E-state index >= 15 is 0 Å². The molecule has 3 rings (SSSR count). The van der Waals surface area contributed by atoms with Crippen LogP contribution in [-0.2, 0) is 6.54 Å². The van der Waals surface area contributed by atoms with Gasteiger partial charge in [-0.3, -0.25) is 19.9 Å². The molecule has 0 fully saturated rings. The van der Waals surface area contributed by atoms with Crippen LogP contribution in [0.3, 0.4) is 0 Å². The van der Waals surface area contributed by atoms with Gasteiger partial charge in [0, 0.05) is 36.1 Å². The molecule has 1 aromatic carbocycles. The van der Waals surface area contributed by atoms with Crippen molar-refractivity contribution in [2.75, 3.05) is 0 Å². The van der Waals surface area contributed by atoms with Crippen molar-refractivity contribution in [2.24, 2.45) is 0 Å². The molecule has 8 nitrogen and oxygen atoms in total. The van der Waals surface area contributed by atoms with E-state index in [1.54, 1.807) is 24.5 Å². The third-order valence-electron chi connectivity index (χ3n) is 3.73. The molecule has 3 aromatic rings. The minimum atomic E-state index is -0.495. The van der Waals surface area contributed by atoms with Crippen molar-refractivity contribution in [1.82, 2.24) is 19.7 Å². The number of nitro benzene ring substituents is 1. The molecular weight excluding hydrogens is 354 g/mol. The van der Waals surface area contributed by atoms with Gasteiger partial charge >= 0.3 is 0 Å². The molecule has 0 unspecified atom stereocenters. The molecule has 26 heavy (non-hydrogen) atoms. The van der Waals surface area contributed by atoms with Gasteiger partial charge in [-0.05, 0) is 49.9 Å². The van der Waals surface area contributed by atoms with Gasteiger partial charge in [0.1, 0.15) is 0 Å². The minimum absolute atomic E-state index is 0.126. The van der Waals surface area contributed by atoms with Crippen molar-refractivity contribution >= 4 is 23.2 Å². The summed E-state index contributed by atoms with van der Waals surface area (Å²) in [6.07, 6.45) is 3.34. The summed E-state index contributed by atoms with van der Waals surface area (Å²) in [4.78, 5) is 26.8. The molecule has 0 saturated carbocycles. The number of nitro groups is 1. The molecule has 132 valence electrons. The fourth-order valence-corrected chi connectivity index (χ4v) is 3.41. The van der Waals surface area contributed by atoms with Gasteiger partial charge in [0.2, 0.25) is 0 Å². The predicted octanol–water partition coefficient (Wildman–Crippen LogP) is 3.62. The predicted molar refractivity (Wildman–Crippen MR) is 96.2 cm³/mol. The first-order chi connectivity index (χ1) is 12.5. The summed E-state index contributed by atoms with van der Waals surface area (Å²) in [7, 11) is 0. The Morgan fingerprint density at radius 1 is 1.23 bits per heavy atom. The average Bonchev–Trinajstić information content (AvgIpc) is 3.05. The molecule has 0 amide bonds. The molecule has 9 heteroatoms. The summed E-state index contributed by atoms with van der Waals surface area (Å²) in [6, 6.07) is 8.10. The van der Waals surface area contributed by atoms with E-state index in [4.69, 9.17) is 0 Å². The highest BCUT2D eigenvalue weighted by Gasteiger charge is 2.21. The quantitative estimate of drug-likeness (QED) is 0.371. The van der Waals surface area contributed by atoms with Crippen molar-refractivity contribution in [3.8, 4) is 11.4 Å². The molecule has 0 radical (unpaired) electrons. The van der Waals surface area contributed by atoms with Gasteiger partial charge in [0.25, 0.3) is 5.69 Å². The van der Waals surface area contributed by atoms with Crippen molar-refractivity contribution in [3.63, 3.8) is 0 Å². The maximum atomic E-state index is 11.5. The highest BCUT2D eigenvalue weighted by Crippen LogP contribution is 2.36. The van der Waals surface area contributed by atoms with Gasteiger partial charge in [-0.2, -0.15) is 0 Å². The second-order valence-corrected chi connectivity index (χ2v) is 6.39. The second-order valence-electron chi connectivity index (χ2n) is 5.38. The molecule has 0 aliphatic heterocycles. The molecule has 0 atom stereocenters. The number of hydrogen-bond acceptors (Lipinski definition) is 7. The van der Waals surface area contributed by atoms with Crippen molar-refractivity contribution < 1.29 is 9.72 Å². The third kappa shape index (κ3) is 3.47. The lowest BCUT2D eigenvalue weighted by atomic mass is 10.1. The molecular formula is C17H15N5O3S. The van der Waals surface area contributed by atoms with E-state index < -0.39 is 4.92 Å². The molecule has 2 aromatic heterocycles. The fraction of sp³-hybridized carbons (Fsp3) is 0.176. The van der Waals surface area contributed by atoms with E-state index in [9.17, 15) is 14.9 Å². The average molecular weight is 369 g/mol. The monoisotopic (exact) mass is 369 g/mol. The Hall–Kier alpha value is -3.07. The van der Waals surface area contributed by atoms with Crippen LogP contribution >= 0.6 is 11.8 Å². The van der Waals surface area contributed by atoms with E-state index in [0.717, 1.165) is 17.3 Å². The summed E-state index contributed by atoms with van der Waals surface area (Å²) in [5.74, 6) is 0.446. The van der Waals surface area contributed by atoms with Crippen molar-refractivity contribution in [3.05, 3.63) is 58.4 Å². The Bertz CT molecular complexity index is 972. The summed E-state index contributed by atoms with van der Waals surface area (Å²) in [5.41, 5.74) is 1.04. The molecule has 0 aliphatic carbocycles. The summed E-state index contributed by atoms with van der Waals surface area (Å²) in [6.45, 7) is 3.93. The lowest BCUT2D eigenvalue weighted by Gasteiger charge is -2.08. The number of rotatable bonds is 6. The zero-order valence-corrected chi connectivity index (χ0v) is 14.9. The first-order valence-corrected chi connectivity index (χ1v) is 8.63. The second kappa shape index (κ2) is 7.44. The van der Waals surface area contributed by atoms with E-state index in [0.29, 0.717) is 28.0 Å². The topological polar surface area (TPSA) is 104 Å². The molecule has 0 spiro atoms. The van der Waals surface area contributed by atoms with E-state index in [2.05, 4.69) is 15.2 Å². The molecule has 0 saturated heterocycles. The van der Waals surface area contributed by atoms with Gasteiger partial charge in [-0.1, -0.05) is 0 Å². The number of Topliss-reactive ketones (excluding diaryl/α,β-unsaturated/α-hetero) is 1. The Morgan fingerprint density at radius 2 is 1.96 bits per heavy atom. The Labute approximate surface area is 153 Å². The van der Waals surface area contributed by atoms with Gasteiger partial charge in [-0.15, -0.1) is 10.2 Å². The van der Waals surface area contributed by atoms with Crippen molar-refractivity contribution in [1.29, 1.82) is 0 Å². The van der Waals surface area contributed by atoms with E-state index in [-0.39, 0.29) is 11.5 Å². The largest absolute Gasteiger partial charge is 0.302 e. The van der Waals surface area contributed by atoms with Crippen LogP contribution in [-0.4, -0.2) is 30.5 Å². The number of carbonyl (C=O) groups excluding carboxylic acids is 1. The number of hydrogen-bond donors (Lipinski definition) is 0. The first-order valence-electron chi connectivity index (χ1n) is 7.82. The normalized spacial score (nSPS) is 10.7. The van der Waals surface area contributed by atoms with E-state index in [1.807, 2.05) is 23.6 Å². The van der Waals surface area contributed by atoms with Crippen LogP contribution in [0.15, 0.2) is 52.8 Å². The van der Waals surface area contributed by atoms with Crippen LogP contribution in [0.1, 0.15) is 24.2 Å². The molecule has 2 heterocycles. The number of benzene rings is 1. The van der Waals surface area contributed by atoms with Crippen LogP contribution in [0.25, 0.3) is 11.4 Å². The van der Waals surface area contributed by atoms with Crippen molar-refractivity contribution in [2.45, 2.75) is 30.4 Å². The SMILES string of the molecule is CCn1c(Sc2ccc(C(C)=O)cc2[N+](=O)[O-])nnc1-c1ccncc1. The number of carbonyl (C=O) groups is 1. The molecule has 0 bridgehead atoms. The van der Waals surface area contributed by atoms with Crippen LogP contribution < -0.4 is 0 Å². The maximum absolute atomic E-state index is 11.5. The Balaban J connectivity index is 2.01. The highest BCUT2D eigenvalue weighted by atomic mass is 32.2. The minimum Gasteiger partial charge on any atom is -0.302 e. The summed E-state index contributed by atoms with van der Waals surface area (Å²) in [5, 5.41) is 20.3. The number of aromatic nitrogens is 4. The van der Waals surface area contributed by atoms with Gasteiger partial charge < -0.3 is 4.57 Å². The zero-order chi connectivity index (χ0) is 18.7. The molecule has 0 aliphatic rings. The van der Waals surface area contributed by atoms with Crippen LogP contribution in [0.2, 0.25) is 0 Å². The van der Waals surface area contributed by atoms with Gasteiger partial charge in [0.05, 0.1) is 9.82 Å². The van der Waals surface area contributed by atoms with Gasteiger partial charge in [-0.25, -0.2) is 0 Å². The van der Waals surface area contributed by atoms with Crippen LogP contribution in [0.5, 0.6) is 0 Å². The zero-order valence-electron chi connectivity index (χ0n) is 14.1. The number of pyridine rings is 1. The lowest BCUT2D eigenvalue weighted by Crippen LogP contribution is -2.01. The number of ketones is 1. The fourth-order valence-electron chi connectivity index (χ4n) is 2.43. The third-order valence-corrected chi connectivity index (χ3v) is 4.78. The Kier molecular flexibility index (Phi) is 5.08. The summed E-state index contributed by atoms with van der Waals surface area (Å²) >= 11 is 1.15. The van der Waals surface area contributed by atoms with Crippen LogP contribution in [0.4, 0.5) is 5.69 Å². The summed E-state index contributed by atoms with van der Waals surface area (Å²) < 4.78 is 1.88. The van der Waals surface area contributed by atoms with Gasteiger partial charge in [0.15, 0.2) is 16.8 Å². The molecule has 0 N–H and O–H groups in total. The van der Waals surface area contributed by atoms with E-state index in [1.165, 1.54) is 13.0 Å². The highest BCUT2D eigenvalue weighted by molar-refractivity contribution is 7.99. The Morgan fingerprint density at radius 3 is 2.58 bits per heavy atom.